The van der Waals surface area contributed by atoms with Gasteiger partial charge in [0.1, 0.15) is 23.9 Å². The monoisotopic (exact) mass is 363 g/mol. The molecule has 2 aromatic carbocycles. The molecule has 2 rings (SSSR count). The van der Waals surface area contributed by atoms with Gasteiger partial charge in [-0.25, -0.2) is 0 Å². The summed E-state index contributed by atoms with van der Waals surface area (Å²) < 4.78 is 16.4. The van der Waals surface area contributed by atoms with Crippen LogP contribution in [0.2, 0.25) is 5.02 Å². The summed E-state index contributed by atoms with van der Waals surface area (Å²) in [6.07, 6.45) is -0.0583. The lowest BCUT2D eigenvalue weighted by Gasteiger charge is -2.18. The summed E-state index contributed by atoms with van der Waals surface area (Å²) in [5, 5.41) is 3.29. The fourth-order valence-corrected chi connectivity index (χ4v) is 2.32. The van der Waals surface area contributed by atoms with Crippen LogP contribution in [0.1, 0.15) is 13.3 Å². The van der Waals surface area contributed by atoms with Crippen LogP contribution < -0.4 is 19.5 Å². The molecule has 0 saturated carbocycles. The Morgan fingerprint density at radius 1 is 1.12 bits per heavy atom. The summed E-state index contributed by atoms with van der Waals surface area (Å²) in [6, 6.07) is 14.4. The fraction of sp³-hybridized carbons (Fsp3) is 0.316. The minimum absolute atomic E-state index is 0.194. The Hall–Kier alpha value is -2.40. The van der Waals surface area contributed by atoms with Crippen molar-refractivity contribution < 1.29 is 19.0 Å². The van der Waals surface area contributed by atoms with Crippen molar-refractivity contribution in [3.05, 3.63) is 53.6 Å². The number of carbonyl (C=O) groups excluding carboxylic acids is 1. The number of rotatable bonds is 9. The molecule has 0 bridgehead atoms. The van der Waals surface area contributed by atoms with Crippen molar-refractivity contribution in [3.8, 4) is 17.2 Å². The molecule has 0 spiro atoms. The third-order valence-corrected chi connectivity index (χ3v) is 3.81. The van der Waals surface area contributed by atoms with Crippen molar-refractivity contribution in [1.82, 2.24) is 5.32 Å². The molecule has 0 aromatic heterocycles. The smallest absolute Gasteiger partial charge is 0.261 e. The third kappa shape index (κ3) is 5.87. The minimum Gasteiger partial charge on any atom is -0.497 e. The third-order valence-electron chi connectivity index (χ3n) is 3.50. The molecular formula is C19H22ClNO4. The Morgan fingerprint density at radius 3 is 2.44 bits per heavy atom. The molecule has 5 nitrogen and oxygen atoms in total. The van der Waals surface area contributed by atoms with Gasteiger partial charge in [-0.1, -0.05) is 30.7 Å². The maximum atomic E-state index is 12.2. The van der Waals surface area contributed by atoms with Crippen LogP contribution >= 0.6 is 11.6 Å². The van der Waals surface area contributed by atoms with Crippen molar-refractivity contribution in [1.29, 1.82) is 0 Å². The summed E-state index contributed by atoms with van der Waals surface area (Å²) in [5.74, 6) is 1.79. The predicted molar refractivity (Wildman–Crippen MR) is 97.7 cm³/mol. The molecule has 0 unspecified atom stereocenters. The standard InChI is InChI=1S/C19H22ClNO4/c1-3-17(25-18-7-5-4-6-16(18)20)19(22)21-12-13-24-15-10-8-14(23-2)9-11-15/h4-11,17H,3,12-13H2,1-2H3,(H,21,22)/t17-/m1/s1. The van der Waals surface area contributed by atoms with Gasteiger partial charge in [0.2, 0.25) is 0 Å². The van der Waals surface area contributed by atoms with E-state index >= 15 is 0 Å². The topological polar surface area (TPSA) is 56.8 Å². The highest BCUT2D eigenvalue weighted by Gasteiger charge is 2.18. The number of methoxy groups -OCH3 is 1. The van der Waals surface area contributed by atoms with E-state index in [0.717, 1.165) is 11.5 Å². The number of benzene rings is 2. The van der Waals surface area contributed by atoms with Crippen molar-refractivity contribution in [2.45, 2.75) is 19.4 Å². The van der Waals surface area contributed by atoms with Gasteiger partial charge < -0.3 is 19.5 Å². The number of hydrogen-bond acceptors (Lipinski definition) is 4. The van der Waals surface area contributed by atoms with Crippen LogP contribution in [0, 0.1) is 0 Å². The Labute approximate surface area is 152 Å². The van der Waals surface area contributed by atoms with Crippen LogP contribution in [-0.4, -0.2) is 32.3 Å². The molecule has 25 heavy (non-hydrogen) atoms. The molecule has 1 N–H and O–H groups in total. The molecule has 1 amide bonds. The van der Waals surface area contributed by atoms with Gasteiger partial charge in [0.25, 0.3) is 5.91 Å². The van der Waals surface area contributed by atoms with Gasteiger partial charge in [-0.15, -0.1) is 0 Å². The first kappa shape index (κ1) is 18.9. The average molecular weight is 364 g/mol. The zero-order valence-electron chi connectivity index (χ0n) is 14.3. The highest BCUT2D eigenvalue weighted by atomic mass is 35.5. The largest absolute Gasteiger partial charge is 0.497 e. The van der Waals surface area contributed by atoms with Crippen molar-refractivity contribution in [3.63, 3.8) is 0 Å². The number of carbonyl (C=O) groups is 1. The van der Waals surface area contributed by atoms with Crippen molar-refractivity contribution in [2.75, 3.05) is 20.3 Å². The number of halogens is 1. The zero-order valence-corrected chi connectivity index (χ0v) is 15.1. The van der Waals surface area contributed by atoms with Crippen LogP contribution in [0.25, 0.3) is 0 Å². The highest BCUT2D eigenvalue weighted by Crippen LogP contribution is 2.24. The van der Waals surface area contributed by atoms with Crippen LogP contribution in [0.3, 0.4) is 0 Å². The zero-order chi connectivity index (χ0) is 18.1. The predicted octanol–water partition coefficient (Wildman–Crippen LogP) is 3.70. The lowest BCUT2D eigenvalue weighted by molar-refractivity contribution is -0.128. The van der Waals surface area contributed by atoms with Crippen LogP contribution in [0.5, 0.6) is 17.2 Å². The maximum absolute atomic E-state index is 12.2. The summed E-state index contributed by atoms with van der Waals surface area (Å²) in [5.41, 5.74) is 0. The Balaban J connectivity index is 1.76. The summed E-state index contributed by atoms with van der Waals surface area (Å²) >= 11 is 6.06. The van der Waals surface area contributed by atoms with E-state index < -0.39 is 6.10 Å². The molecule has 0 heterocycles. The second-order valence-electron chi connectivity index (χ2n) is 5.26. The summed E-state index contributed by atoms with van der Waals surface area (Å²) in [4.78, 5) is 12.2. The minimum atomic E-state index is -0.596. The fourth-order valence-electron chi connectivity index (χ4n) is 2.14. The SMILES string of the molecule is CC[C@@H](Oc1ccccc1Cl)C(=O)NCCOc1ccc(OC)cc1. The Bertz CT molecular complexity index is 675. The molecule has 1 atom stereocenters. The van der Waals surface area contributed by atoms with Gasteiger partial charge in [0.05, 0.1) is 18.7 Å². The Kier molecular flexibility index (Phi) is 7.41. The number of amides is 1. The van der Waals surface area contributed by atoms with E-state index in [0.29, 0.717) is 30.3 Å². The van der Waals surface area contributed by atoms with Crippen molar-refractivity contribution >= 4 is 17.5 Å². The number of para-hydroxylation sites is 1. The number of hydrogen-bond donors (Lipinski definition) is 1. The summed E-state index contributed by atoms with van der Waals surface area (Å²) in [7, 11) is 1.61. The van der Waals surface area contributed by atoms with Crippen LogP contribution in [-0.2, 0) is 4.79 Å². The molecule has 0 saturated heterocycles. The molecule has 2 aromatic rings. The van der Waals surface area contributed by atoms with Crippen molar-refractivity contribution in [2.24, 2.45) is 0 Å². The lowest BCUT2D eigenvalue weighted by Crippen LogP contribution is -2.39. The molecule has 6 heteroatoms. The van der Waals surface area contributed by atoms with Gasteiger partial charge in [0.15, 0.2) is 6.10 Å². The summed E-state index contributed by atoms with van der Waals surface area (Å²) in [6.45, 7) is 2.63. The molecule has 0 aliphatic rings. The van der Waals surface area contributed by atoms with Crippen LogP contribution in [0.15, 0.2) is 48.5 Å². The first-order valence-corrected chi connectivity index (χ1v) is 8.47. The normalized spacial score (nSPS) is 11.5. The molecular weight excluding hydrogens is 342 g/mol. The molecule has 0 aliphatic carbocycles. The quantitative estimate of drug-likeness (QED) is 0.690. The van der Waals surface area contributed by atoms with Gasteiger partial charge in [-0.05, 0) is 42.8 Å². The molecule has 0 fully saturated rings. The second kappa shape index (κ2) is 9.79. The number of ether oxygens (including phenoxy) is 3. The van der Waals surface area contributed by atoms with E-state index in [1.807, 2.05) is 43.3 Å². The van der Waals surface area contributed by atoms with E-state index in [2.05, 4.69) is 5.32 Å². The lowest BCUT2D eigenvalue weighted by atomic mass is 10.2. The molecule has 0 radical (unpaired) electrons. The van der Waals surface area contributed by atoms with Gasteiger partial charge in [-0.2, -0.15) is 0 Å². The van der Waals surface area contributed by atoms with Gasteiger partial charge >= 0.3 is 0 Å². The Morgan fingerprint density at radius 2 is 1.80 bits per heavy atom. The highest BCUT2D eigenvalue weighted by molar-refractivity contribution is 6.32. The van der Waals surface area contributed by atoms with E-state index in [-0.39, 0.29) is 5.91 Å². The van der Waals surface area contributed by atoms with E-state index in [9.17, 15) is 4.79 Å². The first-order valence-electron chi connectivity index (χ1n) is 8.09. The molecule has 134 valence electrons. The average Bonchev–Trinajstić information content (AvgIpc) is 2.65. The molecule has 0 aliphatic heterocycles. The number of nitrogens with one attached hydrogen (secondary N) is 1. The maximum Gasteiger partial charge on any atom is 0.261 e. The van der Waals surface area contributed by atoms with Gasteiger partial charge in [0, 0.05) is 0 Å². The van der Waals surface area contributed by atoms with E-state index in [1.165, 1.54) is 0 Å². The van der Waals surface area contributed by atoms with Gasteiger partial charge in [-0.3, -0.25) is 4.79 Å². The first-order chi connectivity index (χ1) is 12.1. The van der Waals surface area contributed by atoms with Crippen LogP contribution in [0.4, 0.5) is 0 Å². The van der Waals surface area contributed by atoms with E-state index in [4.69, 9.17) is 25.8 Å². The van der Waals surface area contributed by atoms with E-state index in [1.54, 1.807) is 19.2 Å². The second-order valence-corrected chi connectivity index (χ2v) is 5.67.